The molecule has 1 unspecified atom stereocenters. The molecule has 1 rings (SSSR count). The molecule has 2 N–H and O–H groups in total. The molecule has 1 aromatic carbocycles. The zero-order chi connectivity index (χ0) is 10.2. The maximum Gasteiger partial charge on any atom is 0.0506 e. The number of nitrogens with two attached hydrogens (primary N) is 1. The Balaban J connectivity index is 2.05. The predicted octanol–water partition coefficient (Wildman–Crippen LogP) is 1.98. The summed E-state index contributed by atoms with van der Waals surface area (Å²) in [6.07, 6.45) is 1.93. The van der Waals surface area contributed by atoms with Crippen molar-refractivity contribution in [2.24, 2.45) is 5.73 Å². The van der Waals surface area contributed by atoms with Crippen molar-refractivity contribution in [2.45, 2.75) is 25.8 Å². The van der Waals surface area contributed by atoms with E-state index in [2.05, 4.69) is 24.3 Å². The Morgan fingerprint density at radius 1 is 1.21 bits per heavy atom. The molecule has 0 aromatic heterocycles. The van der Waals surface area contributed by atoms with Crippen LogP contribution in [0.15, 0.2) is 30.3 Å². The van der Waals surface area contributed by atoms with Gasteiger partial charge in [0.05, 0.1) is 6.61 Å². The molecule has 0 spiro atoms. The predicted molar refractivity (Wildman–Crippen MR) is 59.2 cm³/mol. The molecule has 0 bridgehead atoms. The summed E-state index contributed by atoms with van der Waals surface area (Å²) < 4.78 is 5.47. The fraction of sp³-hybridized carbons (Fsp3) is 0.500. The third kappa shape index (κ3) is 5.00. The molecule has 0 aliphatic heterocycles. The van der Waals surface area contributed by atoms with Crippen molar-refractivity contribution >= 4 is 0 Å². The minimum absolute atomic E-state index is 0.242. The lowest BCUT2D eigenvalue weighted by Crippen LogP contribution is -2.17. The molecule has 78 valence electrons. The quantitative estimate of drug-likeness (QED) is 0.701. The van der Waals surface area contributed by atoms with Crippen LogP contribution in [0, 0.1) is 0 Å². The molecule has 0 fully saturated rings. The number of rotatable bonds is 6. The van der Waals surface area contributed by atoms with E-state index >= 15 is 0 Å². The first-order chi connectivity index (χ1) is 6.79. The van der Waals surface area contributed by atoms with Crippen molar-refractivity contribution in [3.05, 3.63) is 35.9 Å². The van der Waals surface area contributed by atoms with E-state index in [1.165, 1.54) is 5.56 Å². The smallest absolute Gasteiger partial charge is 0.0506 e. The third-order valence-corrected chi connectivity index (χ3v) is 2.10. The topological polar surface area (TPSA) is 35.2 Å². The highest BCUT2D eigenvalue weighted by molar-refractivity contribution is 5.14. The van der Waals surface area contributed by atoms with Crippen LogP contribution in [0.5, 0.6) is 0 Å². The summed E-state index contributed by atoms with van der Waals surface area (Å²) in [5.74, 6) is 0. The molecule has 2 heteroatoms. The number of ether oxygens (including phenoxy) is 1. The first kappa shape index (κ1) is 11.2. The van der Waals surface area contributed by atoms with E-state index in [4.69, 9.17) is 10.5 Å². The Morgan fingerprint density at radius 3 is 2.57 bits per heavy atom. The highest BCUT2D eigenvalue weighted by Crippen LogP contribution is 1.99. The molecular formula is C12H19NO. The van der Waals surface area contributed by atoms with Crippen molar-refractivity contribution in [2.75, 3.05) is 13.2 Å². The zero-order valence-electron chi connectivity index (χ0n) is 8.78. The number of benzene rings is 1. The number of hydrogen-bond acceptors (Lipinski definition) is 2. The van der Waals surface area contributed by atoms with Crippen LogP contribution >= 0.6 is 0 Å². The lowest BCUT2D eigenvalue weighted by atomic mass is 10.2. The second-order valence-electron chi connectivity index (χ2n) is 3.61. The summed E-state index contributed by atoms with van der Waals surface area (Å²) in [6, 6.07) is 10.6. The van der Waals surface area contributed by atoms with Crippen molar-refractivity contribution in [3.8, 4) is 0 Å². The van der Waals surface area contributed by atoms with Crippen LogP contribution in [0.3, 0.4) is 0 Å². The highest BCUT2D eigenvalue weighted by atomic mass is 16.5. The standard InChI is InChI=1S/C12H19NO/c1-11(13)7-9-14-10-8-12-5-3-2-4-6-12/h2-6,11H,7-10,13H2,1H3. The molecule has 0 aliphatic carbocycles. The molecule has 1 aromatic rings. The maximum atomic E-state index is 5.61. The van der Waals surface area contributed by atoms with Crippen LogP contribution in [0.25, 0.3) is 0 Å². The normalized spacial score (nSPS) is 12.7. The lowest BCUT2D eigenvalue weighted by molar-refractivity contribution is 0.131. The second kappa shape index (κ2) is 6.57. The summed E-state index contributed by atoms with van der Waals surface area (Å²) >= 11 is 0. The van der Waals surface area contributed by atoms with Crippen molar-refractivity contribution in [3.63, 3.8) is 0 Å². The fourth-order valence-electron chi connectivity index (χ4n) is 1.21. The van der Waals surface area contributed by atoms with Crippen LogP contribution in [0.4, 0.5) is 0 Å². The van der Waals surface area contributed by atoms with E-state index in [9.17, 15) is 0 Å². The molecule has 0 amide bonds. The molecule has 14 heavy (non-hydrogen) atoms. The highest BCUT2D eigenvalue weighted by Gasteiger charge is 1.94. The first-order valence-corrected chi connectivity index (χ1v) is 5.16. The van der Waals surface area contributed by atoms with Crippen LogP contribution in [0.1, 0.15) is 18.9 Å². The summed E-state index contributed by atoms with van der Waals surface area (Å²) in [6.45, 7) is 3.56. The van der Waals surface area contributed by atoms with Gasteiger partial charge in [0.25, 0.3) is 0 Å². The fourth-order valence-corrected chi connectivity index (χ4v) is 1.21. The van der Waals surface area contributed by atoms with Crippen molar-refractivity contribution in [1.82, 2.24) is 0 Å². The summed E-state index contributed by atoms with van der Waals surface area (Å²) in [5, 5.41) is 0. The van der Waals surface area contributed by atoms with Gasteiger partial charge < -0.3 is 10.5 Å². The largest absolute Gasteiger partial charge is 0.381 e. The number of hydrogen-bond donors (Lipinski definition) is 1. The van der Waals surface area contributed by atoms with Crippen LogP contribution in [0.2, 0.25) is 0 Å². The van der Waals surface area contributed by atoms with Gasteiger partial charge in [-0.05, 0) is 25.3 Å². The Labute approximate surface area is 86.1 Å². The third-order valence-electron chi connectivity index (χ3n) is 2.10. The summed E-state index contributed by atoms with van der Waals surface area (Å²) in [5.41, 5.74) is 6.93. The first-order valence-electron chi connectivity index (χ1n) is 5.16. The van der Waals surface area contributed by atoms with Gasteiger partial charge in [0.1, 0.15) is 0 Å². The minimum Gasteiger partial charge on any atom is -0.381 e. The molecule has 0 saturated carbocycles. The van der Waals surface area contributed by atoms with Gasteiger partial charge in [-0.15, -0.1) is 0 Å². The maximum absolute atomic E-state index is 5.61. The van der Waals surface area contributed by atoms with Gasteiger partial charge in [-0.25, -0.2) is 0 Å². The summed E-state index contributed by atoms with van der Waals surface area (Å²) in [4.78, 5) is 0. The van der Waals surface area contributed by atoms with Gasteiger partial charge in [-0.2, -0.15) is 0 Å². The average Bonchev–Trinajstić information content (AvgIpc) is 2.18. The minimum atomic E-state index is 0.242. The van der Waals surface area contributed by atoms with Crippen molar-refractivity contribution in [1.29, 1.82) is 0 Å². The molecule has 0 heterocycles. The molecule has 0 aliphatic rings. The van der Waals surface area contributed by atoms with Gasteiger partial charge >= 0.3 is 0 Å². The second-order valence-corrected chi connectivity index (χ2v) is 3.61. The molecular weight excluding hydrogens is 174 g/mol. The Bertz CT molecular complexity index is 233. The molecule has 0 radical (unpaired) electrons. The summed E-state index contributed by atoms with van der Waals surface area (Å²) in [7, 11) is 0. The molecule has 0 saturated heterocycles. The van der Waals surface area contributed by atoms with Crippen molar-refractivity contribution < 1.29 is 4.74 Å². The van der Waals surface area contributed by atoms with E-state index in [-0.39, 0.29) is 6.04 Å². The molecule has 2 nitrogen and oxygen atoms in total. The van der Waals surface area contributed by atoms with E-state index in [1.807, 2.05) is 13.0 Å². The molecule has 1 atom stereocenters. The van der Waals surface area contributed by atoms with E-state index in [0.29, 0.717) is 0 Å². The van der Waals surface area contributed by atoms with Gasteiger partial charge in [-0.3, -0.25) is 0 Å². The van der Waals surface area contributed by atoms with Crippen LogP contribution in [-0.4, -0.2) is 19.3 Å². The SMILES string of the molecule is CC(N)CCOCCc1ccccc1. The average molecular weight is 193 g/mol. The Hall–Kier alpha value is -0.860. The van der Waals surface area contributed by atoms with E-state index < -0.39 is 0 Å². The van der Waals surface area contributed by atoms with Crippen LogP contribution < -0.4 is 5.73 Å². The lowest BCUT2D eigenvalue weighted by Gasteiger charge is -2.06. The van der Waals surface area contributed by atoms with E-state index in [0.717, 1.165) is 26.1 Å². The van der Waals surface area contributed by atoms with Crippen LogP contribution in [-0.2, 0) is 11.2 Å². The monoisotopic (exact) mass is 193 g/mol. The van der Waals surface area contributed by atoms with E-state index in [1.54, 1.807) is 0 Å². The van der Waals surface area contributed by atoms with Gasteiger partial charge in [0.2, 0.25) is 0 Å². The Morgan fingerprint density at radius 2 is 1.93 bits per heavy atom. The van der Waals surface area contributed by atoms with Gasteiger partial charge in [-0.1, -0.05) is 30.3 Å². The van der Waals surface area contributed by atoms with Gasteiger partial charge in [0.15, 0.2) is 0 Å². The Kier molecular flexibility index (Phi) is 5.27. The zero-order valence-corrected chi connectivity index (χ0v) is 8.78. The van der Waals surface area contributed by atoms with Gasteiger partial charge in [0, 0.05) is 12.6 Å².